The van der Waals surface area contributed by atoms with E-state index in [2.05, 4.69) is 0 Å². The van der Waals surface area contributed by atoms with Crippen LogP contribution in [0.3, 0.4) is 0 Å². The minimum atomic E-state index is -1.26. The van der Waals surface area contributed by atoms with Gasteiger partial charge in [0.1, 0.15) is 11.0 Å². The number of anilines is 1. The van der Waals surface area contributed by atoms with Gasteiger partial charge in [0.05, 0.1) is 13.2 Å². The van der Waals surface area contributed by atoms with Crippen LogP contribution >= 0.6 is 0 Å². The molecule has 4 rings (SSSR count). The highest BCUT2D eigenvalue weighted by Crippen LogP contribution is 2.42. The number of methoxy groups -OCH3 is 1. The maximum absolute atomic E-state index is 13.1. The van der Waals surface area contributed by atoms with Crippen molar-refractivity contribution >= 4 is 22.4 Å². The number of benzene rings is 3. The van der Waals surface area contributed by atoms with Crippen molar-refractivity contribution in [3.05, 3.63) is 96.1 Å². The molecule has 3 atom stereocenters. The lowest BCUT2D eigenvalue weighted by Gasteiger charge is -2.46. The van der Waals surface area contributed by atoms with Crippen molar-refractivity contribution in [1.29, 1.82) is 0 Å². The number of carbonyl (C=O) groups is 1. The molecule has 1 heterocycles. The molecule has 1 saturated heterocycles. The molecule has 3 aromatic rings. The standard InChI is InChI=1S/C24H23NO3S/c1-28-21-14-12-19(13-15-21)22-23(24(26)25(22)20-10-6-3-7-11-20)29(27)17-16-18-8-4-2-5-9-18/h2-15,22-23H,16-17H2,1H3/t22-,23+,29-/m1/s1. The summed E-state index contributed by atoms with van der Waals surface area (Å²) in [6, 6.07) is 27.0. The first-order valence-electron chi connectivity index (χ1n) is 9.62. The number of hydrogen-bond donors (Lipinski definition) is 0. The van der Waals surface area contributed by atoms with E-state index in [1.165, 1.54) is 0 Å². The molecule has 3 aromatic carbocycles. The van der Waals surface area contributed by atoms with Crippen LogP contribution in [-0.2, 0) is 22.0 Å². The van der Waals surface area contributed by atoms with Gasteiger partial charge in [0.2, 0.25) is 5.91 Å². The Balaban J connectivity index is 1.59. The summed E-state index contributed by atoms with van der Waals surface area (Å²) >= 11 is 0. The summed E-state index contributed by atoms with van der Waals surface area (Å²) in [6.45, 7) is 0. The Hall–Kier alpha value is -2.92. The van der Waals surface area contributed by atoms with Gasteiger partial charge in [0, 0.05) is 22.2 Å². The number of carbonyl (C=O) groups excluding carboxylic acids is 1. The number of ether oxygens (including phenoxy) is 1. The lowest BCUT2D eigenvalue weighted by molar-refractivity contribution is -0.123. The molecule has 0 N–H and O–H groups in total. The van der Waals surface area contributed by atoms with Crippen molar-refractivity contribution in [3.8, 4) is 5.75 Å². The van der Waals surface area contributed by atoms with Gasteiger partial charge in [0.25, 0.3) is 0 Å². The van der Waals surface area contributed by atoms with E-state index in [0.29, 0.717) is 12.2 Å². The molecule has 5 heteroatoms. The van der Waals surface area contributed by atoms with Gasteiger partial charge in [-0.2, -0.15) is 0 Å². The zero-order chi connectivity index (χ0) is 20.2. The van der Waals surface area contributed by atoms with Gasteiger partial charge in [-0.25, -0.2) is 0 Å². The lowest BCUT2D eigenvalue weighted by atomic mass is 9.92. The number of hydrogen-bond acceptors (Lipinski definition) is 3. The van der Waals surface area contributed by atoms with E-state index in [-0.39, 0.29) is 11.9 Å². The average Bonchev–Trinajstić information content (AvgIpc) is 2.77. The third-order valence-corrected chi connectivity index (χ3v) is 6.89. The Morgan fingerprint density at radius 2 is 1.52 bits per heavy atom. The zero-order valence-corrected chi connectivity index (χ0v) is 17.0. The molecule has 0 aliphatic carbocycles. The molecule has 0 spiro atoms. The molecule has 1 aliphatic rings. The van der Waals surface area contributed by atoms with Crippen LogP contribution in [0.25, 0.3) is 0 Å². The van der Waals surface area contributed by atoms with Crippen LogP contribution in [0.2, 0.25) is 0 Å². The highest BCUT2D eigenvalue weighted by molar-refractivity contribution is 7.86. The highest BCUT2D eigenvalue weighted by Gasteiger charge is 2.51. The van der Waals surface area contributed by atoms with E-state index >= 15 is 0 Å². The third-order valence-electron chi connectivity index (χ3n) is 5.26. The molecule has 0 unspecified atom stereocenters. The first kappa shape index (κ1) is 19.4. The lowest BCUT2D eigenvalue weighted by Crippen LogP contribution is -2.61. The van der Waals surface area contributed by atoms with Crippen LogP contribution in [-0.4, -0.2) is 28.2 Å². The summed E-state index contributed by atoms with van der Waals surface area (Å²) in [6.07, 6.45) is 0.692. The molecule has 1 aliphatic heterocycles. The van der Waals surface area contributed by atoms with Crippen molar-refractivity contribution in [2.24, 2.45) is 0 Å². The van der Waals surface area contributed by atoms with Crippen LogP contribution in [0.15, 0.2) is 84.9 Å². The van der Waals surface area contributed by atoms with Crippen LogP contribution in [0.4, 0.5) is 5.69 Å². The first-order valence-corrected chi connectivity index (χ1v) is 11.0. The predicted octanol–water partition coefficient (Wildman–Crippen LogP) is 4.14. The van der Waals surface area contributed by atoms with Gasteiger partial charge in [-0.3, -0.25) is 9.00 Å². The molecule has 4 nitrogen and oxygen atoms in total. The summed E-state index contributed by atoms with van der Waals surface area (Å²) in [5.74, 6) is 1.14. The van der Waals surface area contributed by atoms with Crippen molar-refractivity contribution in [2.75, 3.05) is 17.8 Å². The topological polar surface area (TPSA) is 46.6 Å². The van der Waals surface area contributed by atoms with Gasteiger partial charge >= 0.3 is 0 Å². The molecular weight excluding hydrogens is 382 g/mol. The van der Waals surface area contributed by atoms with Crippen molar-refractivity contribution < 1.29 is 13.7 Å². The van der Waals surface area contributed by atoms with Crippen LogP contribution in [0, 0.1) is 0 Å². The highest BCUT2D eigenvalue weighted by atomic mass is 32.2. The van der Waals surface area contributed by atoms with Crippen LogP contribution < -0.4 is 9.64 Å². The molecule has 0 bridgehead atoms. The van der Waals surface area contributed by atoms with E-state index < -0.39 is 16.0 Å². The summed E-state index contributed by atoms with van der Waals surface area (Å²) in [5.41, 5.74) is 2.93. The Morgan fingerprint density at radius 1 is 0.897 bits per heavy atom. The SMILES string of the molecule is COc1ccc([C@@H]2[C@H]([S@](=O)CCc3ccccc3)C(=O)N2c2ccccc2)cc1. The molecule has 0 aromatic heterocycles. The molecule has 1 fully saturated rings. The van der Waals surface area contributed by atoms with E-state index in [1.54, 1.807) is 12.0 Å². The fourth-order valence-corrected chi connectivity index (χ4v) is 5.31. The first-order chi connectivity index (χ1) is 14.2. The molecule has 1 amide bonds. The molecular formula is C24H23NO3S. The summed E-state index contributed by atoms with van der Waals surface area (Å²) < 4.78 is 18.4. The Bertz CT molecular complexity index is 990. The second-order valence-electron chi connectivity index (χ2n) is 7.00. The second-order valence-corrected chi connectivity index (χ2v) is 8.68. The van der Waals surface area contributed by atoms with Gasteiger partial charge in [-0.15, -0.1) is 0 Å². The van der Waals surface area contributed by atoms with Gasteiger partial charge in [-0.1, -0.05) is 60.7 Å². The molecule has 29 heavy (non-hydrogen) atoms. The van der Waals surface area contributed by atoms with Gasteiger partial charge in [-0.05, 0) is 41.8 Å². The van der Waals surface area contributed by atoms with Crippen molar-refractivity contribution in [3.63, 3.8) is 0 Å². The van der Waals surface area contributed by atoms with Gasteiger partial charge < -0.3 is 9.64 Å². The Labute approximate surface area is 173 Å². The maximum Gasteiger partial charge on any atom is 0.245 e. The van der Waals surface area contributed by atoms with E-state index in [0.717, 1.165) is 22.6 Å². The molecule has 0 saturated carbocycles. The fraction of sp³-hybridized carbons (Fsp3) is 0.208. The molecule has 0 radical (unpaired) electrons. The van der Waals surface area contributed by atoms with E-state index in [1.807, 2.05) is 84.9 Å². The third kappa shape index (κ3) is 3.96. The van der Waals surface area contributed by atoms with Crippen molar-refractivity contribution in [1.82, 2.24) is 0 Å². The number of aryl methyl sites for hydroxylation is 1. The number of nitrogens with zero attached hydrogens (tertiary/aromatic N) is 1. The minimum Gasteiger partial charge on any atom is -0.497 e. The van der Waals surface area contributed by atoms with E-state index in [9.17, 15) is 9.00 Å². The number of β-lactam (4-membered cyclic amide) rings is 1. The average molecular weight is 406 g/mol. The van der Waals surface area contributed by atoms with Crippen molar-refractivity contribution in [2.45, 2.75) is 17.7 Å². The smallest absolute Gasteiger partial charge is 0.245 e. The molecule has 148 valence electrons. The summed E-state index contributed by atoms with van der Waals surface area (Å²) in [7, 11) is 0.361. The van der Waals surface area contributed by atoms with E-state index in [4.69, 9.17) is 4.74 Å². The Kier molecular flexibility index (Phi) is 5.76. The quantitative estimate of drug-likeness (QED) is 0.555. The normalized spacial score (nSPS) is 19.5. The largest absolute Gasteiger partial charge is 0.497 e. The zero-order valence-electron chi connectivity index (χ0n) is 16.2. The Morgan fingerprint density at radius 3 is 2.14 bits per heavy atom. The van der Waals surface area contributed by atoms with Gasteiger partial charge in [0.15, 0.2) is 0 Å². The number of para-hydroxylation sites is 1. The summed E-state index contributed by atoms with van der Waals surface area (Å²) in [4.78, 5) is 14.8. The number of amides is 1. The monoisotopic (exact) mass is 405 g/mol. The minimum absolute atomic E-state index is 0.0802. The number of rotatable bonds is 7. The predicted molar refractivity (Wildman–Crippen MR) is 117 cm³/mol. The summed E-state index contributed by atoms with van der Waals surface area (Å²) in [5, 5.41) is -0.535. The second kappa shape index (κ2) is 8.62. The maximum atomic E-state index is 13.1. The van der Waals surface area contributed by atoms with Crippen LogP contribution in [0.5, 0.6) is 5.75 Å². The fourth-order valence-electron chi connectivity index (χ4n) is 3.71. The van der Waals surface area contributed by atoms with Crippen LogP contribution in [0.1, 0.15) is 17.2 Å².